The number of carbonyl (C=O) groups is 2. The van der Waals surface area contributed by atoms with Gasteiger partial charge in [0.2, 0.25) is 5.91 Å². The van der Waals surface area contributed by atoms with Crippen molar-refractivity contribution < 1.29 is 14.7 Å². The van der Waals surface area contributed by atoms with Crippen LogP contribution in [0.25, 0.3) is 0 Å². The van der Waals surface area contributed by atoms with E-state index in [2.05, 4.69) is 10.00 Å². The van der Waals surface area contributed by atoms with Gasteiger partial charge in [-0.25, -0.2) is 0 Å². The lowest BCUT2D eigenvalue weighted by molar-refractivity contribution is -0.138. The lowest BCUT2D eigenvalue weighted by Crippen LogP contribution is -2.49. The molecule has 116 valence electrons. The van der Waals surface area contributed by atoms with E-state index in [1.807, 2.05) is 24.8 Å². The van der Waals surface area contributed by atoms with Gasteiger partial charge in [-0.05, 0) is 19.9 Å². The minimum absolute atomic E-state index is 0.0686. The Hall–Kier alpha value is -1.89. The van der Waals surface area contributed by atoms with Crippen LogP contribution >= 0.6 is 0 Å². The SMILES string of the molecule is Cc1cc(C)n(CC(=O)N2CCN(CCC(=O)O)CC2)n1. The van der Waals surface area contributed by atoms with Crippen molar-refractivity contribution in [3.05, 3.63) is 17.5 Å². The zero-order valence-electron chi connectivity index (χ0n) is 12.6. The molecule has 1 aliphatic heterocycles. The van der Waals surface area contributed by atoms with Crippen molar-refractivity contribution in [1.82, 2.24) is 19.6 Å². The largest absolute Gasteiger partial charge is 0.481 e. The number of rotatable bonds is 5. The van der Waals surface area contributed by atoms with Gasteiger partial charge in [0, 0.05) is 38.4 Å². The van der Waals surface area contributed by atoms with Crippen molar-refractivity contribution in [3.63, 3.8) is 0 Å². The van der Waals surface area contributed by atoms with Gasteiger partial charge in [0.05, 0.1) is 12.1 Å². The summed E-state index contributed by atoms with van der Waals surface area (Å²) in [5, 5.41) is 13.0. The smallest absolute Gasteiger partial charge is 0.304 e. The highest BCUT2D eigenvalue weighted by molar-refractivity contribution is 5.76. The third-order valence-corrected chi connectivity index (χ3v) is 3.76. The Kier molecular flexibility index (Phi) is 4.95. The summed E-state index contributed by atoms with van der Waals surface area (Å²) in [5.74, 6) is -0.711. The molecule has 0 saturated carbocycles. The van der Waals surface area contributed by atoms with E-state index in [1.165, 1.54) is 0 Å². The minimum Gasteiger partial charge on any atom is -0.481 e. The Labute approximate surface area is 124 Å². The Balaban J connectivity index is 1.80. The number of nitrogens with zero attached hydrogens (tertiary/aromatic N) is 4. The predicted molar refractivity (Wildman–Crippen MR) is 77.0 cm³/mol. The average Bonchev–Trinajstić information content (AvgIpc) is 2.75. The molecule has 2 rings (SSSR count). The molecule has 0 unspecified atom stereocenters. The van der Waals surface area contributed by atoms with E-state index in [-0.39, 0.29) is 18.9 Å². The van der Waals surface area contributed by atoms with Gasteiger partial charge in [-0.2, -0.15) is 5.10 Å². The summed E-state index contributed by atoms with van der Waals surface area (Å²) in [7, 11) is 0. The Bertz CT molecular complexity index is 518. The summed E-state index contributed by atoms with van der Waals surface area (Å²) in [4.78, 5) is 26.7. The Morgan fingerprint density at radius 3 is 2.43 bits per heavy atom. The summed E-state index contributed by atoms with van der Waals surface area (Å²) >= 11 is 0. The monoisotopic (exact) mass is 294 g/mol. The van der Waals surface area contributed by atoms with Crippen LogP contribution in [-0.2, 0) is 16.1 Å². The number of carbonyl (C=O) groups excluding carboxylic acids is 1. The molecule has 1 saturated heterocycles. The Morgan fingerprint density at radius 1 is 1.24 bits per heavy atom. The molecule has 0 atom stereocenters. The molecular formula is C14H22N4O3. The van der Waals surface area contributed by atoms with Gasteiger partial charge >= 0.3 is 5.97 Å². The van der Waals surface area contributed by atoms with Crippen LogP contribution in [0.3, 0.4) is 0 Å². The van der Waals surface area contributed by atoms with Crippen LogP contribution < -0.4 is 0 Å². The van der Waals surface area contributed by atoms with Crippen molar-refractivity contribution in [2.45, 2.75) is 26.8 Å². The minimum atomic E-state index is -0.780. The first kappa shape index (κ1) is 15.5. The standard InChI is InChI=1S/C14H22N4O3/c1-11-9-12(2)18(15-11)10-13(19)17-7-5-16(6-8-17)4-3-14(20)21/h9H,3-8,10H2,1-2H3,(H,20,21). The third-order valence-electron chi connectivity index (χ3n) is 3.76. The fourth-order valence-corrected chi connectivity index (χ4v) is 2.54. The number of carboxylic acids is 1. The highest BCUT2D eigenvalue weighted by Gasteiger charge is 2.22. The maximum atomic E-state index is 12.3. The summed E-state index contributed by atoms with van der Waals surface area (Å²) in [5.41, 5.74) is 1.90. The zero-order valence-corrected chi connectivity index (χ0v) is 12.6. The van der Waals surface area contributed by atoms with Gasteiger partial charge in [-0.1, -0.05) is 0 Å². The molecule has 1 aromatic rings. The highest BCUT2D eigenvalue weighted by Crippen LogP contribution is 2.06. The highest BCUT2D eigenvalue weighted by atomic mass is 16.4. The zero-order chi connectivity index (χ0) is 15.4. The van der Waals surface area contributed by atoms with Crippen molar-refractivity contribution in [3.8, 4) is 0 Å². The fraction of sp³-hybridized carbons (Fsp3) is 0.643. The number of carboxylic acid groups (broad SMARTS) is 1. The van der Waals surface area contributed by atoms with Crippen LogP contribution in [0.15, 0.2) is 6.07 Å². The molecule has 1 amide bonds. The quantitative estimate of drug-likeness (QED) is 0.834. The second kappa shape index (κ2) is 6.71. The lowest BCUT2D eigenvalue weighted by Gasteiger charge is -2.34. The average molecular weight is 294 g/mol. The van der Waals surface area contributed by atoms with E-state index in [0.717, 1.165) is 24.5 Å². The van der Waals surface area contributed by atoms with Gasteiger partial charge in [0.25, 0.3) is 0 Å². The molecule has 0 aliphatic carbocycles. The van der Waals surface area contributed by atoms with Crippen LogP contribution in [0, 0.1) is 13.8 Å². The van der Waals surface area contributed by atoms with Gasteiger partial charge in [-0.15, -0.1) is 0 Å². The third kappa shape index (κ3) is 4.29. The van der Waals surface area contributed by atoms with E-state index in [1.54, 1.807) is 4.68 Å². The molecule has 1 N–H and O–H groups in total. The molecule has 1 aliphatic rings. The number of aromatic nitrogens is 2. The first-order valence-corrected chi connectivity index (χ1v) is 7.18. The van der Waals surface area contributed by atoms with Crippen LogP contribution in [0.4, 0.5) is 0 Å². The normalized spacial score (nSPS) is 16.2. The van der Waals surface area contributed by atoms with Crippen molar-refractivity contribution in [2.24, 2.45) is 0 Å². The van der Waals surface area contributed by atoms with Crippen LogP contribution in [-0.4, -0.2) is 69.3 Å². The second-order valence-electron chi connectivity index (χ2n) is 5.45. The fourth-order valence-electron chi connectivity index (χ4n) is 2.54. The number of piperazine rings is 1. The first-order valence-electron chi connectivity index (χ1n) is 7.18. The van der Waals surface area contributed by atoms with Gasteiger partial charge < -0.3 is 10.0 Å². The van der Waals surface area contributed by atoms with Gasteiger partial charge in [0.1, 0.15) is 6.54 Å². The number of aryl methyl sites for hydroxylation is 2. The molecule has 0 spiro atoms. The first-order chi connectivity index (χ1) is 9.95. The maximum absolute atomic E-state index is 12.3. The molecule has 1 aromatic heterocycles. The molecule has 2 heterocycles. The number of hydrogen-bond donors (Lipinski definition) is 1. The molecule has 7 heteroatoms. The van der Waals surface area contributed by atoms with Crippen molar-refractivity contribution >= 4 is 11.9 Å². The van der Waals surface area contributed by atoms with Crippen LogP contribution in [0.1, 0.15) is 17.8 Å². The number of amides is 1. The number of hydrogen-bond acceptors (Lipinski definition) is 4. The molecule has 0 bridgehead atoms. The number of aliphatic carboxylic acids is 1. The van der Waals surface area contributed by atoms with Gasteiger partial charge in [-0.3, -0.25) is 19.2 Å². The van der Waals surface area contributed by atoms with Crippen LogP contribution in [0.5, 0.6) is 0 Å². The van der Waals surface area contributed by atoms with E-state index < -0.39 is 5.97 Å². The van der Waals surface area contributed by atoms with E-state index in [9.17, 15) is 9.59 Å². The summed E-state index contributed by atoms with van der Waals surface area (Å²) < 4.78 is 1.73. The molecule has 7 nitrogen and oxygen atoms in total. The van der Waals surface area contributed by atoms with Crippen molar-refractivity contribution in [1.29, 1.82) is 0 Å². The second-order valence-corrected chi connectivity index (χ2v) is 5.45. The summed E-state index contributed by atoms with van der Waals surface area (Å²) in [6.45, 7) is 7.44. The molecular weight excluding hydrogens is 272 g/mol. The molecule has 21 heavy (non-hydrogen) atoms. The molecule has 0 aromatic carbocycles. The lowest BCUT2D eigenvalue weighted by atomic mass is 10.3. The molecule has 0 radical (unpaired) electrons. The summed E-state index contributed by atoms with van der Waals surface area (Å²) in [6, 6.07) is 1.96. The van der Waals surface area contributed by atoms with E-state index in [4.69, 9.17) is 5.11 Å². The van der Waals surface area contributed by atoms with E-state index in [0.29, 0.717) is 19.6 Å². The topological polar surface area (TPSA) is 78.7 Å². The summed E-state index contributed by atoms with van der Waals surface area (Å²) in [6.07, 6.45) is 0.152. The van der Waals surface area contributed by atoms with Crippen molar-refractivity contribution in [2.75, 3.05) is 32.7 Å². The Morgan fingerprint density at radius 2 is 1.90 bits per heavy atom. The molecule has 1 fully saturated rings. The van der Waals surface area contributed by atoms with Gasteiger partial charge in [0.15, 0.2) is 0 Å². The predicted octanol–water partition coefficient (Wildman–Crippen LogP) is 0.119. The van der Waals surface area contributed by atoms with E-state index >= 15 is 0 Å². The maximum Gasteiger partial charge on any atom is 0.304 e. The van der Waals surface area contributed by atoms with Crippen LogP contribution in [0.2, 0.25) is 0 Å².